The summed E-state index contributed by atoms with van der Waals surface area (Å²) >= 11 is 0. The van der Waals surface area contributed by atoms with Crippen LogP contribution >= 0.6 is 0 Å². The number of carboxylic acids is 1. The SMILES string of the molecule is O=C(O)Cc1ccc(CC2CCN(Cc3ccn4ncnc4c3)C2)cc1. The summed E-state index contributed by atoms with van der Waals surface area (Å²) in [6, 6.07) is 12.2. The average Bonchev–Trinajstić information content (AvgIpc) is 3.25. The van der Waals surface area contributed by atoms with Crippen molar-refractivity contribution in [1.82, 2.24) is 19.5 Å². The molecule has 1 atom stereocenters. The molecule has 1 saturated heterocycles. The topological polar surface area (TPSA) is 70.7 Å². The van der Waals surface area contributed by atoms with Crippen LogP contribution in [0.1, 0.15) is 23.1 Å². The maximum atomic E-state index is 10.8. The van der Waals surface area contributed by atoms with Crippen LogP contribution in [0.5, 0.6) is 0 Å². The lowest BCUT2D eigenvalue weighted by atomic mass is 9.97. The van der Waals surface area contributed by atoms with E-state index in [1.54, 1.807) is 10.8 Å². The zero-order chi connectivity index (χ0) is 17.9. The second-order valence-corrected chi connectivity index (χ2v) is 7.08. The number of fused-ring (bicyclic) bond motifs is 1. The van der Waals surface area contributed by atoms with Crippen LogP contribution in [0.4, 0.5) is 0 Å². The van der Waals surface area contributed by atoms with Crippen LogP contribution < -0.4 is 0 Å². The fourth-order valence-corrected chi connectivity index (χ4v) is 3.74. The van der Waals surface area contributed by atoms with E-state index in [1.165, 1.54) is 17.5 Å². The summed E-state index contributed by atoms with van der Waals surface area (Å²) in [7, 11) is 0. The van der Waals surface area contributed by atoms with E-state index in [-0.39, 0.29) is 6.42 Å². The molecule has 6 nitrogen and oxygen atoms in total. The van der Waals surface area contributed by atoms with Gasteiger partial charge in [-0.1, -0.05) is 24.3 Å². The molecule has 26 heavy (non-hydrogen) atoms. The lowest BCUT2D eigenvalue weighted by Crippen LogP contribution is -2.20. The Morgan fingerprint density at radius 1 is 1.15 bits per heavy atom. The van der Waals surface area contributed by atoms with Crippen LogP contribution in [0.25, 0.3) is 5.65 Å². The number of aliphatic carboxylic acids is 1. The van der Waals surface area contributed by atoms with Gasteiger partial charge >= 0.3 is 5.97 Å². The maximum Gasteiger partial charge on any atom is 0.307 e. The molecule has 1 aliphatic rings. The number of aromatic nitrogens is 3. The van der Waals surface area contributed by atoms with Gasteiger partial charge in [0.25, 0.3) is 0 Å². The quantitative estimate of drug-likeness (QED) is 0.739. The minimum Gasteiger partial charge on any atom is -0.481 e. The predicted octanol–water partition coefficient (Wildman–Crippen LogP) is 2.42. The van der Waals surface area contributed by atoms with Crippen molar-refractivity contribution in [2.24, 2.45) is 5.92 Å². The molecular formula is C20H22N4O2. The number of carboxylic acid groups (broad SMARTS) is 1. The first-order valence-electron chi connectivity index (χ1n) is 8.96. The Labute approximate surface area is 152 Å². The van der Waals surface area contributed by atoms with Gasteiger partial charge in [0.2, 0.25) is 0 Å². The highest BCUT2D eigenvalue weighted by molar-refractivity contribution is 5.70. The highest BCUT2D eigenvalue weighted by atomic mass is 16.4. The molecule has 0 bridgehead atoms. The van der Waals surface area contributed by atoms with Crippen LogP contribution in [0.15, 0.2) is 48.9 Å². The van der Waals surface area contributed by atoms with Crippen LogP contribution in [0.2, 0.25) is 0 Å². The second-order valence-electron chi connectivity index (χ2n) is 7.08. The summed E-state index contributed by atoms with van der Waals surface area (Å²) in [6.07, 6.45) is 5.88. The lowest BCUT2D eigenvalue weighted by Gasteiger charge is -2.16. The summed E-state index contributed by atoms with van der Waals surface area (Å²) in [6.45, 7) is 3.14. The maximum absolute atomic E-state index is 10.8. The number of nitrogens with zero attached hydrogens (tertiary/aromatic N) is 4. The molecule has 1 aromatic carbocycles. The van der Waals surface area contributed by atoms with Gasteiger partial charge in [0.05, 0.1) is 6.42 Å². The molecule has 0 saturated carbocycles. The van der Waals surface area contributed by atoms with Gasteiger partial charge in [0.1, 0.15) is 6.33 Å². The summed E-state index contributed by atoms with van der Waals surface area (Å²) in [5, 5.41) is 13.0. The summed E-state index contributed by atoms with van der Waals surface area (Å²) < 4.78 is 1.78. The van der Waals surface area contributed by atoms with Crippen LogP contribution in [0, 0.1) is 5.92 Å². The number of hydrogen-bond donors (Lipinski definition) is 1. The van der Waals surface area contributed by atoms with Crippen LogP contribution in [-0.2, 0) is 24.2 Å². The minimum absolute atomic E-state index is 0.0911. The fraction of sp³-hybridized carbons (Fsp3) is 0.350. The normalized spacial score (nSPS) is 17.8. The molecule has 0 amide bonds. The third kappa shape index (κ3) is 3.91. The number of hydrogen-bond acceptors (Lipinski definition) is 4. The van der Waals surface area contributed by atoms with Gasteiger partial charge in [-0.3, -0.25) is 9.69 Å². The van der Waals surface area contributed by atoms with E-state index in [4.69, 9.17) is 5.11 Å². The van der Waals surface area contributed by atoms with Crippen molar-refractivity contribution in [2.45, 2.75) is 25.8 Å². The summed E-state index contributed by atoms with van der Waals surface area (Å²) in [5.74, 6) is -0.134. The first-order chi connectivity index (χ1) is 12.7. The Hall–Kier alpha value is -2.73. The number of pyridine rings is 1. The van der Waals surface area contributed by atoms with E-state index >= 15 is 0 Å². The van der Waals surface area contributed by atoms with E-state index in [1.807, 2.05) is 18.3 Å². The first-order valence-corrected chi connectivity index (χ1v) is 8.96. The molecule has 0 aliphatic carbocycles. The van der Waals surface area contributed by atoms with Crippen molar-refractivity contribution in [3.8, 4) is 0 Å². The lowest BCUT2D eigenvalue weighted by molar-refractivity contribution is -0.136. The third-order valence-corrected chi connectivity index (χ3v) is 5.02. The smallest absolute Gasteiger partial charge is 0.307 e. The Kier molecular flexibility index (Phi) is 4.67. The van der Waals surface area contributed by atoms with Gasteiger partial charge in [-0.25, -0.2) is 9.50 Å². The molecule has 0 spiro atoms. The molecule has 1 N–H and O–H groups in total. The zero-order valence-electron chi connectivity index (χ0n) is 14.6. The first kappa shape index (κ1) is 16.7. The Balaban J connectivity index is 1.32. The Morgan fingerprint density at radius 2 is 1.96 bits per heavy atom. The zero-order valence-corrected chi connectivity index (χ0v) is 14.6. The van der Waals surface area contributed by atoms with Crippen molar-refractivity contribution < 1.29 is 9.90 Å². The molecule has 0 radical (unpaired) electrons. The van der Waals surface area contributed by atoms with E-state index in [2.05, 4.69) is 39.2 Å². The average molecular weight is 350 g/mol. The molecule has 1 fully saturated rings. The number of benzene rings is 1. The molecule has 1 unspecified atom stereocenters. The van der Waals surface area contributed by atoms with Crippen LogP contribution in [-0.4, -0.2) is 43.7 Å². The fourth-order valence-electron chi connectivity index (χ4n) is 3.74. The van der Waals surface area contributed by atoms with Crippen molar-refractivity contribution in [2.75, 3.05) is 13.1 Å². The number of carbonyl (C=O) groups is 1. The van der Waals surface area contributed by atoms with Crippen LogP contribution in [0.3, 0.4) is 0 Å². The summed E-state index contributed by atoms with van der Waals surface area (Å²) in [4.78, 5) is 17.5. The highest BCUT2D eigenvalue weighted by Gasteiger charge is 2.22. The van der Waals surface area contributed by atoms with Crippen molar-refractivity contribution in [1.29, 1.82) is 0 Å². The molecule has 134 valence electrons. The standard InChI is InChI=1S/C20H22N4O2/c25-20(26)11-16-3-1-15(2-4-16)9-17-5-7-23(12-17)13-18-6-8-24-19(10-18)21-14-22-24/h1-4,6,8,10,14,17H,5,7,9,11-13H2,(H,25,26). The van der Waals surface area contributed by atoms with E-state index in [9.17, 15) is 4.79 Å². The minimum atomic E-state index is -0.784. The van der Waals surface area contributed by atoms with E-state index < -0.39 is 5.97 Å². The molecule has 6 heteroatoms. The van der Waals surface area contributed by atoms with Gasteiger partial charge < -0.3 is 5.11 Å². The van der Waals surface area contributed by atoms with Gasteiger partial charge in [-0.05, 0) is 54.1 Å². The predicted molar refractivity (Wildman–Crippen MR) is 97.9 cm³/mol. The Morgan fingerprint density at radius 3 is 2.77 bits per heavy atom. The number of likely N-dealkylation sites (tertiary alicyclic amines) is 1. The molecule has 1 aliphatic heterocycles. The largest absolute Gasteiger partial charge is 0.481 e. The van der Waals surface area contributed by atoms with Gasteiger partial charge in [0, 0.05) is 19.3 Å². The third-order valence-electron chi connectivity index (χ3n) is 5.02. The molecule has 3 aromatic rings. The monoisotopic (exact) mass is 350 g/mol. The molecule has 2 aromatic heterocycles. The highest BCUT2D eigenvalue weighted by Crippen LogP contribution is 2.23. The van der Waals surface area contributed by atoms with E-state index in [0.29, 0.717) is 5.92 Å². The van der Waals surface area contributed by atoms with Crippen molar-refractivity contribution in [3.05, 3.63) is 65.6 Å². The number of rotatable bonds is 6. The van der Waals surface area contributed by atoms with Gasteiger partial charge in [0.15, 0.2) is 5.65 Å². The van der Waals surface area contributed by atoms with Crippen molar-refractivity contribution >= 4 is 11.6 Å². The second kappa shape index (κ2) is 7.25. The summed E-state index contributed by atoms with van der Waals surface area (Å²) in [5.41, 5.74) is 4.30. The molecule has 4 rings (SSSR count). The van der Waals surface area contributed by atoms with Crippen molar-refractivity contribution in [3.63, 3.8) is 0 Å². The van der Waals surface area contributed by atoms with Gasteiger partial charge in [-0.2, -0.15) is 5.10 Å². The molecular weight excluding hydrogens is 328 g/mol. The van der Waals surface area contributed by atoms with Gasteiger partial charge in [-0.15, -0.1) is 0 Å². The van der Waals surface area contributed by atoms with E-state index in [0.717, 1.165) is 37.3 Å². The Bertz CT molecular complexity index is 904. The molecule has 3 heterocycles.